The topological polar surface area (TPSA) is 90.0 Å². The summed E-state index contributed by atoms with van der Waals surface area (Å²) in [4.78, 5) is 53.4. The maximum atomic E-state index is 13.3. The number of rotatable bonds is 9. The van der Waals surface area contributed by atoms with Crippen molar-refractivity contribution < 1.29 is 33.0 Å². The Morgan fingerprint density at radius 2 is 1.50 bits per heavy atom. The van der Waals surface area contributed by atoms with E-state index in [9.17, 15) is 23.6 Å². The van der Waals surface area contributed by atoms with E-state index in [1.165, 1.54) is 30.3 Å². The molecule has 0 radical (unpaired) electrons. The summed E-state index contributed by atoms with van der Waals surface area (Å²) in [5.41, 5.74) is 2.67. The molecule has 42 heavy (non-hydrogen) atoms. The Balaban J connectivity index is 1.32. The molecule has 0 aromatic heterocycles. The van der Waals surface area contributed by atoms with E-state index in [2.05, 4.69) is 0 Å². The standard InChI is InChI=1S/C33H25ClFNO6/c1-19-3-4-20(2)29(17-19)41-25-12-10-24(11-13-25)36-31(38)26-14-7-22(18-27(26)32(36)39)33(40)42-28(15-16-34)30(37)21-5-8-23(35)9-6-21/h3-14,17-18,28H,15-16H2,1-2H3. The summed E-state index contributed by atoms with van der Waals surface area (Å²) in [5, 5.41) is 0. The van der Waals surface area contributed by atoms with Gasteiger partial charge in [0.2, 0.25) is 5.78 Å². The number of carbonyl (C=O) groups excluding carboxylic acids is 4. The minimum atomic E-state index is -1.22. The molecule has 1 aliphatic heterocycles. The molecule has 7 nitrogen and oxygen atoms in total. The van der Waals surface area contributed by atoms with Crippen molar-refractivity contribution in [2.24, 2.45) is 0 Å². The largest absolute Gasteiger partial charge is 0.457 e. The van der Waals surface area contributed by atoms with Gasteiger partial charge in [0.15, 0.2) is 6.10 Å². The Kier molecular flexibility index (Phi) is 8.17. The summed E-state index contributed by atoms with van der Waals surface area (Å²) in [6.07, 6.45) is -1.19. The van der Waals surface area contributed by atoms with E-state index < -0.39 is 35.5 Å². The molecule has 0 saturated heterocycles. The maximum Gasteiger partial charge on any atom is 0.338 e. The molecule has 4 aromatic carbocycles. The molecule has 212 valence electrons. The van der Waals surface area contributed by atoms with Crippen LogP contribution in [0.25, 0.3) is 0 Å². The van der Waals surface area contributed by atoms with E-state index in [-0.39, 0.29) is 34.6 Å². The number of hydrogen-bond acceptors (Lipinski definition) is 6. The number of alkyl halides is 1. The van der Waals surface area contributed by atoms with Crippen molar-refractivity contribution in [1.29, 1.82) is 0 Å². The number of halogens is 2. The van der Waals surface area contributed by atoms with Gasteiger partial charge in [-0.1, -0.05) is 12.1 Å². The Morgan fingerprint density at radius 1 is 0.833 bits per heavy atom. The second kappa shape index (κ2) is 12.0. The van der Waals surface area contributed by atoms with Gasteiger partial charge < -0.3 is 9.47 Å². The van der Waals surface area contributed by atoms with E-state index in [0.29, 0.717) is 17.2 Å². The van der Waals surface area contributed by atoms with Crippen LogP contribution in [0.3, 0.4) is 0 Å². The fourth-order valence-electron chi connectivity index (χ4n) is 4.55. The molecule has 0 spiro atoms. The molecule has 0 fully saturated rings. The SMILES string of the molecule is Cc1ccc(C)c(Oc2ccc(N3C(=O)c4ccc(C(=O)OC(CCCl)C(=O)c5ccc(F)cc5)cc4C3=O)cc2)c1. The Labute approximate surface area is 246 Å². The monoisotopic (exact) mass is 585 g/mol. The number of carbonyl (C=O) groups is 4. The number of ether oxygens (including phenoxy) is 2. The molecule has 9 heteroatoms. The summed E-state index contributed by atoms with van der Waals surface area (Å²) in [6, 6.07) is 21.3. The van der Waals surface area contributed by atoms with Crippen LogP contribution in [0.15, 0.2) is 84.9 Å². The van der Waals surface area contributed by atoms with Crippen LogP contribution in [0.5, 0.6) is 11.5 Å². The number of Topliss-reactive ketones (excluding diaryl/α,β-unsaturated/α-hetero) is 1. The molecule has 2 amide bonds. The number of hydrogen-bond donors (Lipinski definition) is 0. The van der Waals surface area contributed by atoms with Crippen LogP contribution < -0.4 is 9.64 Å². The Hall–Kier alpha value is -4.82. The first kappa shape index (κ1) is 28.7. The molecule has 4 aromatic rings. The Bertz CT molecular complexity index is 1700. The molecular formula is C33H25ClFNO6. The molecule has 1 heterocycles. The van der Waals surface area contributed by atoms with E-state index >= 15 is 0 Å². The molecule has 0 aliphatic carbocycles. The summed E-state index contributed by atoms with van der Waals surface area (Å²) in [7, 11) is 0. The summed E-state index contributed by atoms with van der Waals surface area (Å²) >= 11 is 5.83. The lowest BCUT2D eigenvalue weighted by Gasteiger charge is -2.16. The number of aryl methyl sites for hydroxylation is 2. The number of nitrogens with zero attached hydrogens (tertiary/aromatic N) is 1. The zero-order chi connectivity index (χ0) is 30.0. The lowest BCUT2D eigenvalue weighted by Crippen LogP contribution is -2.29. The average molecular weight is 586 g/mol. The lowest BCUT2D eigenvalue weighted by atomic mass is 10.0. The highest BCUT2D eigenvalue weighted by Crippen LogP contribution is 2.32. The molecule has 0 bridgehead atoms. The smallest absolute Gasteiger partial charge is 0.338 e. The van der Waals surface area contributed by atoms with Crippen LogP contribution in [0, 0.1) is 19.7 Å². The highest BCUT2D eigenvalue weighted by molar-refractivity contribution is 6.34. The van der Waals surface area contributed by atoms with Crippen LogP contribution in [-0.2, 0) is 4.74 Å². The third kappa shape index (κ3) is 5.80. The predicted molar refractivity (Wildman–Crippen MR) is 155 cm³/mol. The lowest BCUT2D eigenvalue weighted by molar-refractivity contribution is 0.0278. The van der Waals surface area contributed by atoms with Crippen LogP contribution in [0.2, 0.25) is 0 Å². The van der Waals surface area contributed by atoms with Gasteiger partial charge in [-0.05, 0) is 97.8 Å². The highest BCUT2D eigenvalue weighted by Gasteiger charge is 2.37. The average Bonchev–Trinajstić information content (AvgIpc) is 3.24. The van der Waals surface area contributed by atoms with Crippen LogP contribution in [-0.4, -0.2) is 35.6 Å². The minimum Gasteiger partial charge on any atom is -0.457 e. The van der Waals surface area contributed by atoms with Crippen molar-refractivity contribution in [1.82, 2.24) is 0 Å². The fraction of sp³-hybridized carbons (Fsp3) is 0.152. The van der Waals surface area contributed by atoms with E-state index in [4.69, 9.17) is 21.1 Å². The highest BCUT2D eigenvalue weighted by atomic mass is 35.5. The van der Waals surface area contributed by atoms with E-state index in [1.54, 1.807) is 24.3 Å². The quantitative estimate of drug-likeness (QED) is 0.0903. The van der Waals surface area contributed by atoms with Gasteiger partial charge >= 0.3 is 5.97 Å². The van der Waals surface area contributed by atoms with Gasteiger partial charge in [0.05, 0.1) is 22.4 Å². The minimum absolute atomic E-state index is 0.0134. The number of ketones is 1. The summed E-state index contributed by atoms with van der Waals surface area (Å²) < 4.78 is 24.7. The van der Waals surface area contributed by atoms with Crippen LogP contribution >= 0.6 is 11.6 Å². The van der Waals surface area contributed by atoms with Gasteiger partial charge in [-0.2, -0.15) is 0 Å². The zero-order valence-electron chi connectivity index (χ0n) is 22.7. The van der Waals surface area contributed by atoms with Crippen molar-refractivity contribution in [3.8, 4) is 11.5 Å². The van der Waals surface area contributed by atoms with Gasteiger partial charge in [0, 0.05) is 17.9 Å². The molecule has 1 aliphatic rings. The summed E-state index contributed by atoms with van der Waals surface area (Å²) in [6.45, 7) is 3.90. The number of amides is 2. The first-order valence-corrected chi connectivity index (χ1v) is 13.6. The van der Waals surface area contributed by atoms with Crippen molar-refractivity contribution in [2.75, 3.05) is 10.8 Å². The zero-order valence-corrected chi connectivity index (χ0v) is 23.5. The third-order valence-electron chi connectivity index (χ3n) is 6.83. The number of anilines is 1. The van der Waals surface area contributed by atoms with E-state index in [0.717, 1.165) is 28.2 Å². The van der Waals surface area contributed by atoms with Crippen molar-refractivity contribution in [3.05, 3.63) is 124 Å². The molecular weight excluding hydrogens is 561 g/mol. The molecule has 1 atom stereocenters. The van der Waals surface area contributed by atoms with Crippen LogP contribution in [0.4, 0.5) is 10.1 Å². The molecule has 1 unspecified atom stereocenters. The molecule has 5 rings (SSSR count). The molecule has 0 N–H and O–H groups in total. The molecule has 0 saturated carbocycles. The van der Waals surface area contributed by atoms with Crippen molar-refractivity contribution in [2.45, 2.75) is 26.4 Å². The number of esters is 1. The van der Waals surface area contributed by atoms with Crippen LogP contribution in [0.1, 0.15) is 59.0 Å². The number of benzene rings is 4. The Morgan fingerprint density at radius 3 is 2.19 bits per heavy atom. The fourth-order valence-corrected chi connectivity index (χ4v) is 4.75. The van der Waals surface area contributed by atoms with Crippen molar-refractivity contribution >= 4 is 40.9 Å². The number of fused-ring (bicyclic) bond motifs is 1. The van der Waals surface area contributed by atoms with Gasteiger partial charge in [0.25, 0.3) is 11.8 Å². The number of imide groups is 1. The second-order valence-electron chi connectivity index (χ2n) is 9.81. The first-order chi connectivity index (χ1) is 20.2. The normalized spacial score (nSPS) is 13.1. The maximum absolute atomic E-state index is 13.3. The van der Waals surface area contributed by atoms with Gasteiger partial charge in [-0.3, -0.25) is 14.4 Å². The second-order valence-corrected chi connectivity index (χ2v) is 10.2. The van der Waals surface area contributed by atoms with Gasteiger partial charge in [-0.15, -0.1) is 11.6 Å². The van der Waals surface area contributed by atoms with Crippen molar-refractivity contribution in [3.63, 3.8) is 0 Å². The third-order valence-corrected chi connectivity index (χ3v) is 7.05. The summed E-state index contributed by atoms with van der Waals surface area (Å²) in [5.74, 6) is -1.78. The van der Waals surface area contributed by atoms with Gasteiger partial charge in [-0.25, -0.2) is 14.1 Å². The predicted octanol–water partition coefficient (Wildman–Crippen LogP) is 7.07. The van der Waals surface area contributed by atoms with E-state index in [1.807, 2.05) is 32.0 Å². The van der Waals surface area contributed by atoms with Gasteiger partial charge in [0.1, 0.15) is 17.3 Å². The first-order valence-electron chi connectivity index (χ1n) is 13.1.